The van der Waals surface area contributed by atoms with Crippen molar-refractivity contribution in [1.29, 1.82) is 0 Å². The first-order chi connectivity index (χ1) is 5.43. The first-order valence-corrected chi connectivity index (χ1v) is 4.71. The van der Waals surface area contributed by atoms with E-state index in [9.17, 15) is 0 Å². The van der Waals surface area contributed by atoms with Crippen molar-refractivity contribution in [2.45, 2.75) is 51.6 Å². The SMILES string of the molecule is CCCCCC[C@@H]1CCOO1. The van der Waals surface area contributed by atoms with Crippen molar-refractivity contribution in [3.05, 3.63) is 0 Å². The highest BCUT2D eigenvalue weighted by atomic mass is 17.2. The third-order valence-corrected chi connectivity index (χ3v) is 2.11. The minimum absolute atomic E-state index is 0.395. The molecule has 0 radical (unpaired) electrons. The van der Waals surface area contributed by atoms with Gasteiger partial charge in [0, 0.05) is 6.42 Å². The van der Waals surface area contributed by atoms with Crippen molar-refractivity contribution >= 4 is 0 Å². The van der Waals surface area contributed by atoms with Crippen LogP contribution < -0.4 is 0 Å². The van der Waals surface area contributed by atoms with Crippen LogP contribution in [0.3, 0.4) is 0 Å². The molecule has 2 heteroatoms. The zero-order valence-corrected chi connectivity index (χ0v) is 7.34. The molecule has 1 fully saturated rings. The summed E-state index contributed by atoms with van der Waals surface area (Å²) in [5.74, 6) is 0. The quantitative estimate of drug-likeness (QED) is 0.452. The van der Waals surface area contributed by atoms with Gasteiger partial charge in [-0.1, -0.05) is 32.6 Å². The summed E-state index contributed by atoms with van der Waals surface area (Å²) in [6.07, 6.45) is 7.96. The van der Waals surface area contributed by atoms with Gasteiger partial charge in [-0.25, -0.2) is 9.78 Å². The Bertz CT molecular complexity index is 87.6. The fourth-order valence-corrected chi connectivity index (χ4v) is 1.36. The summed E-state index contributed by atoms with van der Waals surface area (Å²) in [7, 11) is 0. The Kier molecular flexibility index (Phi) is 4.55. The molecule has 1 heterocycles. The van der Waals surface area contributed by atoms with Gasteiger partial charge in [-0.3, -0.25) is 0 Å². The largest absolute Gasteiger partial charge is 0.236 e. The van der Waals surface area contributed by atoms with Crippen LogP contribution in [0.2, 0.25) is 0 Å². The Balaban J connectivity index is 1.86. The van der Waals surface area contributed by atoms with E-state index in [-0.39, 0.29) is 0 Å². The minimum atomic E-state index is 0.395. The predicted molar refractivity (Wildman–Crippen MR) is 44.2 cm³/mol. The second-order valence-corrected chi connectivity index (χ2v) is 3.18. The smallest absolute Gasteiger partial charge is 0.0953 e. The van der Waals surface area contributed by atoms with Crippen molar-refractivity contribution in [3.63, 3.8) is 0 Å². The van der Waals surface area contributed by atoms with E-state index < -0.39 is 0 Å². The predicted octanol–water partition coefficient (Wildman–Crippen LogP) is 2.68. The molecule has 0 aliphatic carbocycles. The van der Waals surface area contributed by atoms with E-state index in [4.69, 9.17) is 9.78 Å². The highest BCUT2D eigenvalue weighted by Crippen LogP contribution is 2.16. The van der Waals surface area contributed by atoms with Crippen molar-refractivity contribution in [3.8, 4) is 0 Å². The van der Waals surface area contributed by atoms with E-state index >= 15 is 0 Å². The number of unbranched alkanes of at least 4 members (excludes halogenated alkanes) is 3. The molecule has 0 unspecified atom stereocenters. The Morgan fingerprint density at radius 2 is 2.18 bits per heavy atom. The van der Waals surface area contributed by atoms with Gasteiger partial charge in [0.2, 0.25) is 0 Å². The van der Waals surface area contributed by atoms with Crippen LogP contribution in [0.1, 0.15) is 45.4 Å². The fraction of sp³-hybridized carbons (Fsp3) is 1.00. The minimum Gasteiger partial charge on any atom is -0.236 e. The van der Waals surface area contributed by atoms with Crippen molar-refractivity contribution in [2.75, 3.05) is 6.61 Å². The lowest BCUT2D eigenvalue weighted by Gasteiger charge is -2.04. The third-order valence-electron chi connectivity index (χ3n) is 2.11. The molecule has 1 aliphatic rings. The molecular weight excluding hydrogens is 140 g/mol. The van der Waals surface area contributed by atoms with Crippen molar-refractivity contribution < 1.29 is 9.78 Å². The number of hydrogen-bond donors (Lipinski definition) is 0. The summed E-state index contributed by atoms with van der Waals surface area (Å²) in [6, 6.07) is 0. The van der Waals surface area contributed by atoms with Gasteiger partial charge in [-0.05, 0) is 6.42 Å². The molecule has 0 bridgehead atoms. The highest BCUT2D eigenvalue weighted by Gasteiger charge is 2.15. The topological polar surface area (TPSA) is 18.5 Å². The molecule has 0 aromatic heterocycles. The Hall–Kier alpha value is -0.0800. The maximum Gasteiger partial charge on any atom is 0.0953 e. The van der Waals surface area contributed by atoms with Crippen LogP contribution in [-0.4, -0.2) is 12.7 Å². The van der Waals surface area contributed by atoms with Crippen molar-refractivity contribution in [1.82, 2.24) is 0 Å². The highest BCUT2D eigenvalue weighted by molar-refractivity contribution is 4.59. The molecule has 1 aliphatic heterocycles. The van der Waals surface area contributed by atoms with E-state index in [1.165, 1.54) is 32.1 Å². The fourth-order valence-electron chi connectivity index (χ4n) is 1.36. The third kappa shape index (κ3) is 3.73. The molecule has 66 valence electrons. The normalized spacial score (nSPS) is 24.3. The van der Waals surface area contributed by atoms with Crippen LogP contribution in [0.25, 0.3) is 0 Å². The summed E-state index contributed by atoms with van der Waals surface area (Å²) in [5, 5.41) is 0. The Morgan fingerprint density at radius 1 is 1.27 bits per heavy atom. The van der Waals surface area contributed by atoms with Gasteiger partial charge in [-0.15, -0.1) is 0 Å². The monoisotopic (exact) mass is 158 g/mol. The van der Waals surface area contributed by atoms with E-state index in [0.29, 0.717) is 6.10 Å². The van der Waals surface area contributed by atoms with Gasteiger partial charge in [0.25, 0.3) is 0 Å². The average Bonchev–Trinajstić information content (AvgIpc) is 2.50. The second kappa shape index (κ2) is 5.56. The first kappa shape index (κ1) is 9.01. The van der Waals surface area contributed by atoms with Crippen molar-refractivity contribution in [2.24, 2.45) is 0 Å². The van der Waals surface area contributed by atoms with Crippen LogP contribution in [0.15, 0.2) is 0 Å². The molecule has 0 spiro atoms. The summed E-state index contributed by atoms with van der Waals surface area (Å²) in [4.78, 5) is 9.85. The molecule has 0 aromatic carbocycles. The molecule has 1 rings (SSSR count). The van der Waals surface area contributed by atoms with E-state index in [2.05, 4.69) is 6.92 Å². The summed E-state index contributed by atoms with van der Waals surface area (Å²) >= 11 is 0. The van der Waals surface area contributed by atoms with Crippen LogP contribution >= 0.6 is 0 Å². The number of rotatable bonds is 5. The maximum atomic E-state index is 5.03. The molecule has 0 saturated carbocycles. The lowest BCUT2D eigenvalue weighted by molar-refractivity contribution is -0.275. The van der Waals surface area contributed by atoms with Crippen LogP contribution in [-0.2, 0) is 9.78 Å². The Morgan fingerprint density at radius 3 is 2.82 bits per heavy atom. The molecule has 11 heavy (non-hydrogen) atoms. The lowest BCUT2D eigenvalue weighted by Crippen LogP contribution is -2.03. The van der Waals surface area contributed by atoms with E-state index in [0.717, 1.165) is 13.0 Å². The summed E-state index contributed by atoms with van der Waals surface area (Å²) in [5.41, 5.74) is 0. The van der Waals surface area contributed by atoms with Gasteiger partial charge < -0.3 is 0 Å². The zero-order chi connectivity index (χ0) is 7.94. The van der Waals surface area contributed by atoms with Gasteiger partial charge in [0.15, 0.2) is 0 Å². The second-order valence-electron chi connectivity index (χ2n) is 3.18. The summed E-state index contributed by atoms with van der Waals surface area (Å²) in [6.45, 7) is 3.02. The first-order valence-electron chi connectivity index (χ1n) is 4.71. The van der Waals surface area contributed by atoms with Gasteiger partial charge >= 0.3 is 0 Å². The van der Waals surface area contributed by atoms with Crippen LogP contribution in [0.4, 0.5) is 0 Å². The molecule has 1 atom stereocenters. The molecule has 2 nitrogen and oxygen atoms in total. The van der Waals surface area contributed by atoms with Gasteiger partial charge in [0.1, 0.15) is 0 Å². The molecule has 1 saturated heterocycles. The standard InChI is InChI=1S/C9H18O2/c1-2-3-4-5-6-9-7-8-10-11-9/h9H,2-8H2,1H3/t9-/m1/s1. The van der Waals surface area contributed by atoms with E-state index in [1.54, 1.807) is 0 Å². The molecular formula is C9H18O2. The molecule has 0 amide bonds. The van der Waals surface area contributed by atoms with Crippen LogP contribution in [0.5, 0.6) is 0 Å². The number of hydrogen-bond acceptors (Lipinski definition) is 2. The van der Waals surface area contributed by atoms with Gasteiger partial charge in [-0.2, -0.15) is 0 Å². The summed E-state index contributed by atoms with van der Waals surface area (Å²) < 4.78 is 0. The van der Waals surface area contributed by atoms with E-state index in [1.807, 2.05) is 0 Å². The Labute approximate surface area is 68.8 Å². The average molecular weight is 158 g/mol. The van der Waals surface area contributed by atoms with Gasteiger partial charge in [0.05, 0.1) is 12.7 Å². The molecule has 0 aromatic rings. The lowest BCUT2D eigenvalue weighted by atomic mass is 10.1. The maximum absolute atomic E-state index is 5.03. The zero-order valence-electron chi connectivity index (χ0n) is 7.34. The molecule has 0 N–H and O–H groups in total. The van der Waals surface area contributed by atoms with Crippen LogP contribution in [0, 0.1) is 0 Å².